The summed E-state index contributed by atoms with van der Waals surface area (Å²) in [6, 6.07) is 3.46. The Hall–Kier alpha value is -2.24. The summed E-state index contributed by atoms with van der Waals surface area (Å²) in [6.45, 7) is 4.03. The molecule has 0 N–H and O–H groups in total. The van der Waals surface area contributed by atoms with Crippen molar-refractivity contribution in [2.45, 2.75) is 13.8 Å². The van der Waals surface area contributed by atoms with Gasteiger partial charge in [-0.1, -0.05) is 0 Å². The van der Waals surface area contributed by atoms with E-state index in [2.05, 4.69) is 33.2 Å². The normalized spacial score (nSPS) is 8.53. The fraction of sp³-hybridized carbons (Fsp3) is 0.286. The molecule has 0 unspecified atom stereocenters. The summed E-state index contributed by atoms with van der Waals surface area (Å²) < 4.78 is 9.36. The van der Waals surface area contributed by atoms with Crippen LogP contribution in [0.2, 0.25) is 0 Å². The predicted octanol–water partition coefficient (Wildman–Crippen LogP) is 1.58. The molecule has 4 nitrogen and oxygen atoms in total. The molecule has 0 aliphatic rings. The molecule has 98 valence electrons. The van der Waals surface area contributed by atoms with E-state index in [-0.39, 0.29) is 0 Å². The number of esters is 2. The quantitative estimate of drug-likeness (QED) is 0.608. The van der Waals surface area contributed by atoms with Gasteiger partial charge in [-0.05, 0) is 37.8 Å². The van der Waals surface area contributed by atoms with Gasteiger partial charge in [-0.3, -0.25) is 0 Å². The van der Waals surface area contributed by atoms with E-state index >= 15 is 0 Å². The van der Waals surface area contributed by atoms with Crippen molar-refractivity contribution in [1.82, 2.24) is 0 Å². The molecule has 0 aliphatic carbocycles. The van der Waals surface area contributed by atoms with Crippen LogP contribution < -0.4 is 0 Å². The fourth-order valence-corrected chi connectivity index (χ4v) is 1.75. The Morgan fingerprint density at radius 3 is 1.79 bits per heavy atom. The average Bonchev–Trinajstić information content (AvgIpc) is 2.83. The smallest absolute Gasteiger partial charge is 0.384 e. The summed E-state index contributed by atoms with van der Waals surface area (Å²) in [4.78, 5) is 23.4. The minimum absolute atomic E-state index is 0.300. The Morgan fingerprint density at radius 1 is 1.00 bits per heavy atom. The van der Waals surface area contributed by atoms with E-state index < -0.39 is 11.9 Å². The molecule has 0 spiro atoms. The Kier molecular flexibility index (Phi) is 6.21. The van der Waals surface area contributed by atoms with E-state index in [4.69, 9.17) is 0 Å². The fourth-order valence-electron chi connectivity index (χ4n) is 1.03. The van der Waals surface area contributed by atoms with Crippen LogP contribution in [0.4, 0.5) is 0 Å². The van der Waals surface area contributed by atoms with Crippen LogP contribution in [-0.4, -0.2) is 25.2 Å². The van der Waals surface area contributed by atoms with Gasteiger partial charge in [0.15, 0.2) is 0 Å². The maximum absolute atomic E-state index is 11.0. The third-order valence-electron chi connectivity index (χ3n) is 1.73. The molecule has 0 bridgehead atoms. The van der Waals surface area contributed by atoms with Gasteiger partial charge in [0.1, 0.15) is 0 Å². The van der Waals surface area contributed by atoms with Crippen LogP contribution in [0.5, 0.6) is 0 Å². The molecule has 0 saturated carbocycles. The highest BCUT2D eigenvalue weighted by Crippen LogP contribution is 2.13. The van der Waals surface area contributed by atoms with Crippen molar-refractivity contribution in [3.63, 3.8) is 0 Å². The second-order valence-corrected chi connectivity index (χ2v) is 4.19. The first kappa shape index (κ1) is 14.8. The molecule has 1 aromatic heterocycles. The van der Waals surface area contributed by atoms with Crippen LogP contribution >= 0.6 is 11.3 Å². The van der Waals surface area contributed by atoms with Gasteiger partial charge in [0.25, 0.3) is 0 Å². The van der Waals surface area contributed by atoms with Gasteiger partial charge in [-0.2, -0.15) is 0 Å². The summed E-state index contributed by atoms with van der Waals surface area (Å²) in [5.41, 5.74) is 0. The third kappa shape index (κ3) is 5.76. The number of carbonyl (C=O) groups is 2. The number of thiophene rings is 1. The molecule has 0 atom stereocenters. The Labute approximate surface area is 115 Å². The second kappa shape index (κ2) is 7.97. The van der Waals surface area contributed by atoms with Crippen LogP contribution in [0.3, 0.4) is 0 Å². The molecule has 0 amide bonds. The highest BCUT2D eigenvalue weighted by Gasteiger charge is 1.98. The van der Waals surface area contributed by atoms with Gasteiger partial charge in [-0.25, -0.2) is 9.59 Å². The average molecular weight is 276 g/mol. The van der Waals surface area contributed by atoms with Crippen molar-refractivity contribution in [2.75, 3.05) is 13.2 Å². The lowest BCUT2D eigenvalue weighted by molar-refractivity contribution is -0.137. The van der Waals surface area contributed by atoms with Crippen LogP contribution in [0.1, 0.15) is 23.6 Å². The van der Waals surface area contributed by atoms with Crippen molar-refractivity contribution in [3.8, 4) is 23.7 Å². The van der Waals surface area contributed by atoms with Gasteiger partial charge < -0.3 is 9.47 Å². The molecule has 0 aliphatic heterocycles. The molecule has 1 rings (SSSR count). The highest BCUT2D eigenvalue weighted by atomic mass is 32.1. The zero-order valence-corrected chi connectivity index (χ0v) is 11.4. The summed E-state index contributed by atoms with van der Waals surface area (Å²) in [5, 5.41) is 0. The number of hydrogen-bond donors (Lipinski definition) is 0. The van der Waals surface area contributed by atoms with E-state index in [0.29, 0.717) is 23.0 Å². The molecule has 0 fully saturated rings. The van der Waals surface area contributed by atoms with Crippen LogP contribution in [0.25, 0.3) is 0 Å². The molecule has 0 aromatic carbocycles. The lowest BCUT2D eigenvalue weighted by Crippen LogP contribution is -1.99. The monoisotopic (exact) mass is 276 g/mol. The lowest BCUT2D eigenvalue weighted by Gasteiger charge is -1.90. The van der Waals surface area contributed by atoms with Crippen molar-refractivity contribution in [1.29, 1.82) is 0 Å². The van der Waals surface area contributed by atoms with Gasteiger partial charge >= 0.3 is 11.9 Å². The van der Waals surface area contributed by atoms with Gasteiger partial charge in [0.2, 0.25) is 0 Å². The van der Waals surface area contributed by atoms with E-state index in [0.717, 1.165) is 0 Å². The first-order chi connectivity index (χ1) is 9.15. The zero-order chi connectivity index (χ0) is 14.1. The number of ether oxygens (including phenoxy) is 2. The van der Waals surface area contributed by atoms with Gasteiger partial charge in [0.05, 0.1) is 23.0 Å². The van der Waals surface area contributed by atoms with E-state index in [1.165, 1.54) is 11.3 Å². The van der Waals surface area contributed by atoms with Crippen LogP contribution in [0, 0.1) is 23.7 Å². The van der Waals surface area contributed by atoms with Gasteiger partial charge in [0, 0.05) is 11.8 Å². The summed E-state index contributed by atoms with van der Waals surface area (Å²) in [6.07, 6.45) is 0. The first-order valence-corrected chi connectivity index (χ1v) is 6.44. The Balaban J connectivity index is 2.67. The summed E-state index contributed by atoms with van der Waals surface area (Å²) >= 11 is 1.29. The van der Waals surface area contributed by atoms with Crippen molar-refractivity contribution in [2.24, 2.45) is 0 Å². The minimum atomic E-state index is -0.560. The molecular weight excluding hydrogens is 264 g/mol. The number of carbonyl (C=O) groups excluding carboxylic acids is 2. The standard InChI is InChI=1S/C14H12O4S/c1-3-17-13(15)9-7-11-5-6-12(19-11)8-10-14(16)18-4-2/h5-6H,3-4H2,1-2H3. The SMILES string of the molecule is CCOC(=O)C#Cc1ccc(C#CC(=O)OCC)s1. The number of rotatable bonds is 2. The highest BCUT2D eigenvalue weighted by molar-refractivity contribution is 7.13. The largest absolute Gasteiger partial charge is 0.456 e. The first-order valence-electron chi connectivity index (χ1n) is 5.63. The van der Waals surface area contributed by atoms with E-state index in [9.17, 15) is 9.59 Å². The van der Waals surface area contributed by atoms with Crippen molar-refractivity contribution in [3.05, 3.63) is 21.9 Å². The Morgan fingerprint density at radius 2 is 1.42 bits per heavy atom. The molecule has 0 radical (unpaired) electrons. The summed E-state index contributed by atoms with van der Waals surface area (Å²) in [5.74, 6) is 8.94. The van der Waals surface area contributed by atoms with Gasteiger partial charge in [-0.15, -0.1) is 11.3 Å². The van der Waals surface area contributed by atoms with Crippen LogP contribution in [0.15, 0.2) is 12.1 Å². The zero-order valence-electron chi connectivity index (χ0n) is 10.6. The molecule has 0 saturated heterocycles. The molecular formula is C14H12O4S. The lowest BCUT2D eigenvalue weighted by atomic mass is 10.4. The van der Waals surface area contributed by atoms with Crippen molar-refractivity contribution >= 4 is 23.3 Å². The molecule has 5 heteroatoms. The summed E-state index contributed by atoms with van der Waals surface area (Å²) in [7, 11) is 0. The topological polar surface area (TPSA) is 52.6 Å². The maximum atomic E-state index is 11.0. The number of hydrogen-bond acceptors (Lipinski definition) is 5. The van der Waals surface area contributed by atoms with E-state index in [1.807, 2.05) is 0 Å². The predicted molar refractivity (Wildman–Crippen MR) is 71.3 cm³/mol. The van der Waals surface area contributed by atoms with Crippen molar-refractivity contribution < 1.29 is 19.1 Å². The molecule has 19 heavy (non-hydrogen) atoms. The second-order valence-electron chi connectivity index (χ2n) is 3.10. The maximum Gasteiger partial charge on any atom is 0.384 e. The van der Waals surface area contributed by atoms with Crippen LogP contribution in [-0.2, 0) is 19.1 Å². The molecule has 1 aromatic rings. The van der Waals surface area contributed by atoms with E-state index in [1.54, 1.807) is 26.0 Å². The minimum Gasteiger partial charge on any atom is -0.456 e. The third-order valence-corrected chi connectivity index (χ3v) is 2.65. The Bertz CT molecular complexity index is 527. The molecule has 1 heterocycles.